The Morgan fingerprint density at radius 1 is 0.970 bits per heavy atom. The van der Waals surface area contributed by atoms with Gasteiger partial charge in [-0.2, -0.15) is 0 Å². The van der Waals surface area contributed by atoms with Crippen molar-refractivity contribution in [2.75, 3.05) is 50.4 Å². The van der Waals surface area contributed by atoms with Crippen molar-refractivity contribution in [3.8, 4) is 0 Å². The highest BCUT2D eigenvalue weighted by atomic mass is 16.2. The number of nitrogens with zero attached hydrogens (tertiary/aromatic N) is 3. The lowest BCUT2D eigenvalue weighted by atomic mass is 9.96. The van der Waals surface area contributed by atoms with Crippen LogP contribution in [0.4, 0.5) is 11.4 Å². The van der Waals surface area contributed by atoms with Gasteiger partial charge in [0.25, 0.3) is 0 Å². The summed E-state index contributed by atoms with van der Waals surface area (Å²) in [4.78, 5) is 33.1. The average molecular weight is 446 g/mol. The highest BCUT2D eigenvalue weighted by Gasteiger charge is 2.23. The van der Waals surface area contributed by atoms with Gasteiger partial charge in [-0.05, 0) is 55.3 Å². The molecule has 2 amide bonds. The van der Waals surface area contributed by atoms with E-state index < -0.39 is 0 Å². The van der Waals surface area contributed by atoms with Gasteiger partial charge in [-0.1, -0.05) is 24.3 Å². The highest BCUT2D eigenvalue weighted by molar-refractivity contribution is 5.93. The molecule has 1 aliphatic rings. The van der Waals surface area contributed by atoms with E-state index >= 15 is 0 Å². The van der Waals surface area contributed by atoms with Crippen molar-refractivity contribution in [2.24, 2.45) is 5.92 Å². The molecule has 0 spiro atoms. The molecule has 1 atom stereocenters. The first-order valence-electron chi connectivity index (χ1n) is 11.4. The molecule has 1 saturated heterocycles. The fraction of sp³-hybridized carbons (Fsp3) is 0.346. The van der Waals surface area contributed by atoms with Crippen molar-refractivity contribution in [1.29, 1.82) is 0 Å². The molecule has 33 heavy (non-hydrogen) atoms. The van der Waals surface area contributed by atoms with Crippen molar-refractivity contribution >= 4 is 34.1 Å². The number of aromatic nitrogens is 1. The van der Waals surface area contributed by atoms with Crippen LogP contribution in [-0.4, -0.2) is 66.4 Å². The van der Waals surface area contributed by atoms with Crippen LogP contribution in [0.1, 0.15) is 12.5 Å². The summed E-state index contributed by atoms with van der Waals surface area (Å²) >= 11 is 0. The van der Waals surface area contributed by atoms with Crippen molar-refractivity contribution in [2.45, 2.75) is 13.3 Å². The molecule has 1 fully saturated rings. The van der Waals surface area contributed by atoms with Gasteiger partial charge in [0.15, 0.2) is 0 Å². The number of rotatable bonds is 6. The van der Waals surface area contributed by atoms with Gasteiger partial charge in [0.2, 0.25) is 11.8 Å². The summed E-state index contributed by atoms with van der Waals surface area (Å²) in [5.74, 6) is 0.263. The maximum atomic E-state index is 12.7. The lowest BCUT2D eigenvalue weighted by Crippen LogP contribution is -2.37. The largest absolute Gasteiger partial charge is 0.326 e. The fourth-order valence-electron chi connectivity index (χ4n) is 4.52. The topological polar surface area (TPSA) is 77.6 Å². The second kappa shape index (κ2) is 10.6. The van der Waals surface area contributed by atoms with E-state index in [9.17, 15) is 9.59 Å². The fourth-order valence-corrected chi connectivity index (χ4v) is 4.52. The second-order valence-corrected chi connectivity index (χ2v) is 8.87. The van der Waals surface area contributed by atoms with Gasteiger partial charge in [0, 0.05) is 56.1 Å². The predicted molar refractivity (Wildman–Crippen MR) is 132 cm³/mol. The zero-order valence-electron chi connectivity index (χ0n) is 19.3. The van der Waals surface area contributed by atoms with E-state index in [0.29, 0.717) is 18.2 Å². The Labute approximate surface area is 194 Å². The minimum atomic E-state index is -0.119. The molecule has 172 valence electrons. The number of amides is 2. The molecule has 0 radical (unpaired) electrons. The average Bonchev–Trinajstić information content (AvgIpc) is 2.95. The number of hydrogen-bond donors (Lipinski definition) is 2. The zero-order chi connectivity index (χ0) is 23.2. The third kappa shape index (κ3) is 6.37. The molecule has 2 aromatic carbocycles. The molecule has 1 aromatic heterocycles. The van der Waals surface area contributed by atoms with Crippen molar-refractivity contribution < 1.29 is 9.59 Å². The predicted octanol–water partition coefficient (Wildman–Crippen LogP) is 3.24. The monoisotopic (exact) mass is 445 g/mol. The van der Waals surface area contributed by atoms with Gasteiger partial charge in [-0.15, -0.1) is 0 Å². The maximum absolute atomic E-state index is 12.7. The Morgan fingerprint density at radius 2 is 1.70 bits per heavy atom. The van der Waals surface area contributed by atoms with Gasteiger partial charge < -0.3 is 15.5 Å². The van der Waals surface area contributed by atoms with E-state index in [1.807, 2.05) is 12.3 Å². The summed E-state index contributed by atoms with van der Waals surface area (Å²) in [5.41, 5.74) is 3.76. The number of carbonyl (C=O) groups is 2. The molecule has 0 aliphatic carbocycles. The quantitative estimate of drug-likeness (QED) is 0.609. The van der Waals surface area contributed by atoms with Gasteiger partial charge in [-0.25, -0.2) is 0 Å². The molecule has 2 N–H and O–H groups in total. The zero-order valence-corrected chi connectivity index (χ0v) is 19.3. The summed E-state index contributed by atoms with van der Waals surface area (Å²) in [5, 5.41) is 6.87. The first-order valence-corrected chi connectivity index (χ1v) is 11.4. The molecular formula is C26H31N5O2. The molecular weight excluding hydrogens is 414 g/mol. The summed E-state index contributed by atoms with van der Waals surface area (Å²) in [6.45, 7) is 5.47. The molecule has 1 unspecified atom stereocenters. The normalized spacial score (nSPS) is 17.5. The van der Waals surface area contributed by atoms with Crippen LogP contribution in [-0.2, 0) is 16.0 Å². The van der Waals surface area contributed by atoms with Crippen molar-refractivity contribution in [3.05, 3.63) is 66.4 Å². The Hall–Kier alpha value is -3.29. The summed E-state index contributed by atoms with van der Waals surface area (Å²) < 4.78 is 0. The first kappa shape index (κ1) is 22.9. The Morgan fingerprint density at radius 3 is 2.45 bits per heavy atom. The number of hydrogen-bond acceptors (Lipinski definition) is 5. The van der Waals surface area contributed by atoms with Crippen LogP contribution in [0, 0.1) is 5.92 Å². The van der Waals surface area contributed by atoms with Crippen LogP contribution < -0.4 is 10.6 Å². The van der Waals surface area contributed by atoms with Crippen LogP contribution in [0.5, 0.6) is 0 Å². The molecule has 7 nitrogen and oxygen atoms in total. The Kier molecular flexibility index (Phi) is 7.32. The van der Waals surface area contributed by atoms with E-state index in [1.165, 1.54) is 12.5 Å². The second-order valence-electron chi connectivity index (χ2n) is 8.87. The van der Waals surface area contributed by atoms with E-state index in [0.717, 1.165) is 49.2 Å². The molecule has 3 aromatic rings. The minimum absolute atomic E-state index is 0.0302. The smallest absolute Gasteiger partial charge is 0.238 e. The number of anilines is 2. The van der Waals surface area contributed by atoms with E-state index in [1.54, 1.807) is 24.3 Å². The van der Waals surface area contributed by atoms with Gasteiger partial charge >= 0.3 is 0 Å². The van der Waals surface area contributed by atoms with E-state index in [-0.39, 0.29) is 11.8 Å². The van der Waals surface area contributed by atoms with Crippen molar-refractivity contribution in [3.63, 3.8) is 0 Å². The molecule has 2 heterocycles. The first-order chi connectivity index (χ1) is 16.0. The standard InChI is InChI=1S/C26H31N5O2/c1-19(32)28-23-8-10-24(11-9-23)29-25(33)18-31-14-13-30(2)16-20(17-31)15-22-6-3-5-21-7-4-12-27-26(21)22/h3-12,20H,13-18H2,1-2H3,(H,28,32)(H,29,33). The number of nitrogens with one attached hydrogen (secondary N) is 2. The van der Waals surface area contributed by atoms with Gasteiger partial charge in [0.1, 0.15) is 0 Å². The number of pyridine rings is 1. The highest BCUT2D eigenvalue weighted by Crippen LogP contribution is 2.21. The SMILES string of the molecule is CC(=O)Nc1ccc(NC(=O)CN2CCN(C)CC(Cc3cccc4cccnc34)C2)cc1. The third-order valence-corrected chi connectivity index (χ3v) is 5.97. The Bertz CT molecular complexity index is 1110. The number of fused-ring (bicyclic) bond motifs is 1. The number of likely N-dealkylation sites (N-methyl/N-ethyl adjacent to an activating group) is 1. The lowest BCUT2D eigenvalue weighted by molar-refractivity contribution is -0.117. The molecule has 0 saturated carbocycles. The number of benzene rings is 2. The third-order valence-electron chi connectivity index (χ3n) is 5.97. The summed E-state index contributed by atoms with van der Waals surface area (Å²) in [7, 11) is 2.15. The van der Waals surface area contributed by atoms with Crippen LogP contribution in [0.2, 0.25) is 0 Å². The van der Waals surface area contributed by atoms with Gasteiger partial charge in [-0.3, -0.25) is 19.5 Å². The van der Waals surface area contributed by atoms with E-state index in [2.05, 4.69) is 56.7 Å². The van der Waals surface area contributed by atoms with Gasteiger partial charge in [0.05, 0.1) is 12.1 Å². The van der Waals surface area contributed by atoms with Crippen LogP contribution in [0.25, 0.3) is 10.9 Å². The van der Waals surface area contributed by atoms with Crippen LogP contribution in [0.15, 0.2) is 60.8 Å². The summed E-state index contributed by atoms with van der Waals surface area (Å²) in [6.07, 6.45) is 2.78. The van der Waals surface area contributed by atoms with Crippen LogP contribution in [0.3, 0.4) is 0 Å². The van der Waals surface area contributed by atoms with E-state index in [4.69, 9.17) is 0 Å². The molecule has 0 bridgehead atoms. The number of para-hydroxylation sites is 1. The van der Waals surface area contributed by atoms with Crippen molar-refractivity contribution in [1.82, 2.24) is 14.8 Å². The minimum Gasteiger partial charge on any atom is -0.326 e. The van der Waals surface area contributed by atoms with Crippen LogP contribution >= 0.6 is 0 Å². The maximum Gasteiger partial charge on any atom is 0.238 e. The molecule has 1 aliphatic heterocycles. The lowest BCUT2D eigenvalue weighted by Gasteiger charge is -2.24. The summed E-state index contributed by atoms with van der Waals surface area (Å²) in [6, 6.07) is 17.6. The molecule has 4 rings (SSSR count). The Balaban J connectivity index is 1.38. The number of carbonyl (C=O) groups excluding carboxylic acids is 2. The molecule has 7 heteroatoms.